The van der Waals surface area contributed by atoms with Gasteiger partial charge >= 0.3 is 0 Å². The second-order valence-electron chi connectivity index (χ2n) is 4.18. The summed E-state index contributed by atoms with van der Waals surface area (Å²) in [5.41, 5.74) is 1.32. The summed E-state index contributed by atoms with van der Waals surface area (Å²) in [4.78, 5) is 11.3. The van der Waals surface area contributed by atoms with E-state index in [4.69, 9.17) is 5.26 Å². The van der Waals surface area contributed by atoms with Gasteiger partial charge in [-0.2, -0.15) is 5.26 Å². The highest BCUT2D eigenvalue weighted by Crippen LogP contribution is 2.40. The lowest BCUT2D eigenvalue weighted by atomic mass is 10.1. The molecule has 0 heterocycles. The zero-order valence-corrected chi connectivity index (χ0v) is 9.52. The Morgan fingerprint density at radius 2 is 2.18 bits per heavy atom. The Labute approximate surface area is 101 Å². The first-order valence-electron chi connectivity index (χ1n) is 5.73. The average Bonchev–Trinajstić information content (AvgIpc) is 3.14. The fraction of sp³-hybridized carbons (Fsp3) is 0.385. The molecule has 1 saturated carbocycles. The van der Waals surface area contributed by atoms with Crippen LogP contribution < -0.4 is 10.6 Å². The SMILES string of the molecule is N#CCNC(=O)CNC1CC1c1ccccc1. The summed E-state index contributed by atoms with van der Waals surface area (Å²) < 4.78 is 0. The summed E-state index contributed by atoms with van der Waals surface area (Å²) in [5, 5.41) is 14.0. The van der Waals surface area contributed by atoms with Gasteiger partial charge in [0.2, 0.25) is 5.91 Å². The van der Waals surface area contributed by atoms with E-state index in [1.807, 2.05) is 24.3 Å². The number of carbonyl (C=O) groups is 1. The number of benzene rings is 1. The van der Waals surface area contributed by atoms with Crippen LogP contribution in [0.5, 0.6) is 0 Å². The molecule has 0 bridgehead atoms. The maximum absolute atomic E-state index is 11.3. The highest BCUT2D eigenvalue weighted by atomic mass is 16.1. The van der Waals surface area contributed by atoms with Crippen molar-refractivity contribution in [3.05, 3.63) is 35.9 Å². The number of hydrogen-bond donors (Lipinski definition) is 2. The zero-order chi connectivity index (χ0) is 12.1. The van der Waals surface area contributed by atoms with Gasteiger partial charge in [0.25, 0.3) is 0 Å². The number of amides is 1. The van der Waals surface area contributed by atoms with Gasteiger partial charge in [-0.1, -0.05) is 30.3 Å². The van der Waals surface area contributed by atoms with Crippen LogP contribution in [-0.2, 0) is 4.79 Å². The quantitative estimate of drug-likeness (QED) is 0.733. The Balaban J connectivity index is 1.71. The van der Waals surface area contributed by atoms with E-state index in [0.717, 1.165) is 6.42 Å². The van der Waals surface area contributed by atoms with E-state index in [1.165, 1.54) is 5.56 Å². The normalized spacial score (nSPS) is 21.6. The lowest BCUT2D eigenvalue weighted by Crippen LogP contribution is -2.35. The van der Waals surface area contributed by atoms with Crippen molar-refractivity contribution in [2.45, 2.75) is 18.4 Å². The smallest absolute Gasteiger partial charge is 0.234 e. The number of carbonyl (C=O) groups excluding carboxylic acids is 1. The zero-order valence-electron chi connectivity index (χ0n) is 9.52. The molecule has 1 fully saturated rings. The van der Waals surface area contributed by atoms with E-state index in [2.05, 4.69) is 22.8 Å². The maximum Gasteiger partial charge on any atom is 0.234 e. The Bertz CT molecular complexity index is 424. The van der Waals surface area contributed by atoms with E-state index in [1.54, 1.807) is 0 Å². The fourth-order valence-electron chi connectivity index (χ4n) is 1.91. The van der Waals surface area contributed by atoms with Crippen LogP contribution in [0.15, 0.2) is 30.3 Å². The molecule has 1 aromatic rings. The number of nitrogens with one attached hydrogen (secondary N) is 2. The van der Waals surface area contributed by atoms with Crippen molar-refractivity contribution in [1.82, 2.24) is 10.6 Å². The van der Waals surface area contributed by atoms with Crippen molar-refractivity contribution >= 4 is 5.91 Å². The predicted octanol–water partition coefficient (Wildman–Crippen LogP) is 0.772. The number of hydrogen-bond acceptors (Lipinski definition) is 3. The van der Waals surface area contributed by atoms with Crippen molar-refractivity contribution in [3.8, 4) is 6.07 Å². The second-order valence-corrected chi connectivity index (χ2v) is 4.18. The van der Waals surface area contributed by atoms with Crippen LogP contribution in [0.25, 0.3) is 0 Å². The largest absolute Gasteiger partial charge is 0.342 e. The average molecular weight is 229 g/mol. The minimum atomic E-state index is -0.120. The van der Waals surface area contributed by atoms with Gasteiger partial charge in [0.15, 0.2) is 0 Å². The van der Waals surface area contributed by atoms with Crippen LogP contribution in [0.3, 0.4) is 0 Å². The molecular formula is C13H15N3O. The van der Waals surface area contributed by atoms with Crippen molar-refractivity contribution < 1.29 is 4.79 Å². The minimum absolute atomic E-state index is 0.0767. The summed E-state index contributed by atoms with van der Waals surface area (Å²) in [5.74, 6) is 0.408. The van der Waals surface area contributed by atoms with Gasteiger partial charge in [0, 0.05) is 12.0 Å². The third-order valence-electron chi connectivity index (χ3n) is 2.91. The van der Waals surface area contributed by atoms with Crippen LogP contribution in [-0.4, -0.2) is 25.0 Å². The first-order valence-corrected chi connectivity index (χ1v) is 5.73. The molecule has 0 saturated heterocycles. The van der Waals surface area contributed by atoms with E-state index in [9.17, 15) is 4.79 Å². The monoisotopic (exact) mass is 229 g/mol. The number of nitriles is 1. The van der Waals surface area contributed by atoms with Gasteiger partial charge < -0.3 is 10.6 Å². The van der Waals surface area contributed by atoms with Crippen LogP contribution in [0.1, 0.15) is 17.9 Å². The summed E-state index contributed by atoms with van der Waals surface area (Å²) >= 11 is 0. The predicted molar refractivity (Wildman–Crippen MR) is 64.2 cm³/mol. The Morgan fingerprint density at radius 1 is 1.41 bits per heavy atom. The molecule has 17 heavy (non-hydrogen) atoms. The lowest BCUT2D eigenvalue weighted by molar-refractivity contribution is -0.120. The van der Waals surface area contributed by atoms with Crippen molar-refractivity contribution in [3.63, 3.8) is 0 Å². The Morgan fingerprint density at radius 3 is 2.88 bits per heavy atom. The molecular weight excluding hydrogens is 214 g/mol. The van der Waals surface area contributed by atoms with Crippen LogP contribution in [0, 0.1) is 11.3 Å². The molecule has 1 aliphatic carbocycles. The summed E-state index contributed by atoms with van der Waals surface area (Å²) in [6.45, 7) is 0.364. The molecule has 2 atom stereocenters. The molecule has 0 spiro atoms. The molecule has 2 rings (SSSR count). The first-order chi connectivity index (χ1) is 8.31. The van der Waals surface area contributed by atoms with Gasteiger partial charge in [0.05, 0.1) is 12.6 Å². The topological polar surface area (TPSA) is 64.9 Å². The standard InChI is InChI=1S/C13H15N3O/c14-6-7-15-13(17)9-16-12-8-11(12)10-4-2-1-3-5-10/h1-5,11-12,16H,7-9H2,(H,15,17). The van der Waals surface area contributed by atoms with Gasteiger partial charge in [-0.25, -0.2) is 0 Å². The van der Waals surface area contributed by atoms with Gasteiger partial charge in [0.1, 0.15) is 6.54 Å². The maximum atomic E-state index is 11.3. The third kappa shape index (κ3) is 3.30. The Kier molecular flexibility index (Phi) is 3.73. The highest BCUT2D eigenvalue weighted by molar-refractivity contribution is 5.78. The Hall–Kier alpha value is -1.86. The summed E-state index contributed by atoms with van der Waals surface area (Å²) in [6.07, 6.45) is 1.08. The molecule has 0 aromatic heterocycles. The molecule has 4 nitrogen and oxygen atoms in total. The van der Waals surface area contributed by atoms with Crippen molar-refractivity contribution in [2.24, 2.45) is 0 Å². The molecule has 0 aliphatic heterocycles. The van der Waals surface area contributed by atoms with Gasteiger partial charge in [-0.05, 0) is 12.0 Å². The van der Waals surface area contributed by atoms with Gasteiger partial charge in [-0.3, -0.25) is 4.79 Å². The minimum Gasteiger partial charge on any atom is -0.342 e. The van der Waals surface area contributed by atoms with Crippen LogP contribution >= 0.6 is 0 Å². The number of rotatable bonds is 5. The van der Waals surface area contributed by atoms with Crippen LogP contribution in [0.4, 0.5) is 0 Å². The van der Waals surface area contributed by atoms with E-state index in [-0.39, 0.29) is 19.0 Å². The fourth-order valence-corrected chi connectivity index (χ4v) is 1.91. The van der Waals surface area contributed by atoms with E-state index in [0.29, 0.717) is 12.0 Å². The second kappa shape index (κ2) is 5.46. The first kappa shape index (κ1) is 11.6. The highest BCUT2D eigenvalue weighted by Gasteiger charge is 2.37. The molecule has 2 unspecified atom stereocenters. The van der Waals surface area contributed by atoms with E-state index >= 15 is 0 Å². The van der Waals surface area contributed by atoms with Gasteiger partial charge in [-0.15, -0.1) is 0 Å². The van der Waals surface area contributed by atoms with Crippen LogP contribution in [0.2, 0.25) is 0 Å². The van der Waals surface area contributed by atoms with Crippen molar-refractivity contribution in [2.75, 3.05) is 13.1 Å². The summed E-state index contributed by atoms with van der Waals surface area (Å²) in [6, 6.07) is 12.6. The van der Waals surface area contributed by atoms with E-state index < -0.39 is 0 Å². The third-order valence-corrected chi connectivity index (χ3v) is 2.91. The summed E-state index contributed by atoms with van der Waals surface area (Å²) in [7, 11) is 0. The van der Waals surface area contributed by atoms with Crippen molar-refractivity contribution in [1.29, 1.82) is 5.26 Å². The molecule has 4 heteroatoms. The molecule has 88 valence electrons. The molecule has 1 aliphatic rings. The number of nitrogens with zero attached hydrogens (tertiary/aromatic N) is 1. The molecule has 2 N–H and O–H groups in total. The molecule has 1 aromatic carbocycles. The molecule has 0 radical (unpaired) electrons. The molecule has 1 amide bonds. The lowest BCUT2D eigenvalue weighted by Gasteiger charge is -2.04.